The molecule has 0 saturated heterocycles. The Morgan fingerprint density at radius 3 is 2.06 bits per heavy atom. The molecule has 0 radical (unpaired) electrons. The molecular weight excluding hydrogens is 410 g/mol. The smallest absolute Gasteiger partial charge is 0.318 e. The maximum Gasteiger partial charge on any atom is 0.318 e. The summed E-state index contributed by atoms with van der Waals surface area (Å²) in [6.45, 7) is 1.38. The van der Waals surface area contributed by atoms with E-state index in [1.807, 2.05) is 36.4 Å². The zero-order chi connectivity index (χ0) is 21.8. The Labute approximate surface area is 183 Å². The van der Waals surface area contributed by atoms with Gasteiger partial charge in [0.25, 0.3) is 0 Å². The van der Waals surface area contributed by atoms with Crippen LogP contribution < -0.4 is 10.0 Å². The van der Waals surface area contributed by atoms with Crippen molar-refractivity contribution in [2.24, 2.45) is 0 Å². The number of urea groups is 1. The molecule has 1 aliphatic rings. The molecule has 3 aromatic rings. The molecule has 160 valence electrons. The van der Waals surface area contributed by atoms with Crippen molar-refractivity contribution in [2.75, 3.05) is 7.05 Å². The molecule has 0 atom stereocenters. The fourth-order valence-electron chi connectivity index (χ4n) is 3.86. The topological polar surface area (TPSA) is 78.5 Å². The summed E-state index contributed by atoms with van der Waals surface area (Å²) >= 11 is 0. The van der Waals surface area contributed by atoms with Gasteiger partial charge in [0, 0.05) is 19.6 Å². The molecule has 0 saturated carbocycles. The van der Waals surface area contributed by atoms with Crippen LogP contribution in [0.5, 0.6) is 0 Å². The number of nitrogens with one attached hydrogen (secondary N) is 2. The highest BCUT2D eigenvalue weighted by atomic mass is 32.2. The molecule has 1 heterocycles. The average molecular weight is 436 g/mol. The Kier molecular flexibility index (Phi) is 6.06. The van der Waals surface area contributed by atoms with Crippen LogP contribution in [0.4, 0.5) is 4.79 Å². The first kappa shape index (κ1) is 21.1. The second-order valence-corrected chi connectivity index (χ2v) is 9.54. The van der Waals surface area contributed by atoms with Crippen LogP contribution in [-0.2, 0) is 35.4 Å². The number of rotatable bonds is 5. The van der Waals surface area contributed by atoms with Gasteiger partial charge in [-0.2, -0.15) is 0 Å². The third kappa shape index (κ3) is 4.95. The number of benzene rings is 3. The first-order valence-electron chi connectivity index (χ1n) is 10.1. The summed E-state index contributed by atoms with van der Waals surface area (Å²) in [6.07, 6.45) is 0. The van der Waals surface area contributed by atoms with Gasteiger partial charge in [0.1, 0.15) is 0 Å². The van der Waals surface area contributed by atoms with Crippen molar-refractivity contribution in [1.82, 2.24) is 14.9 Å². The Hall–Kier alpha value is -3.16. The molecule has 2 N–H and O–H groups in total. The van der Waals surface area contributed by atoms with Gasteiger partial charge in [-0.3, -0.25) is 0 Å². The number of fused-ring (bicyclic) bond motifs is 3. The third-order valence-corrected chi connectivity index (χ3v) is 6.77. The van der Waals surface area contributed by atoms with Gasteiger partial charge < -0.3 is 10.2 Å². The minimum Gasteiger partial charge on any atom is -0.334 e. The van der Waals surface area contributed by atoms with E-state index in [0.717, 1.165) is 27.8 Å². The summed E-state index contributed by atoms with van der Waals surface area (Å²) in [4.78, 5) is 14.8. The highest BCUT2D eigenvalue weighted by Gasteiger charge is 2.22. The second kappa shape index (κ2) is 8.91. The van der Waals surface area contributed by atoms with E-state index in [1.54, 1.807) is 17.0 Å². The van der Waals surface area contributed by atoms with Crippen molar-refractivity contribution in [3.05, 3.63) is 95.1 Å². The van der Waals surface area contributed by atoms with Crippen LogP contribution in [0.15, 0.2) is 72.8 Å². The van der Waals surface area contributed by atoms with E-state index >= 15 is 0 Å². The number of sulfonamides is 1. The second-order valence-electron chi connectivity index (χ2n) is 7.61. The fourth-order valence-corrected chi connectivity index (χ4v) is 4.63. The van der Waals surface area contributed by atoms with Crippen LogP contribution in [0.1, 0.15) is 22.3 Å². The molecule has 2 amide bonds. The molecule has 0 bridgehead atoms. The Morgan fingerprint density at radius 2 is 1.45 bits per heavy atom. The van der Waals surface area contributed by atoms with Crippen molar-refractivity contribution in [3.8, 4) is 11.1 Å². The Bertz CT molecular complexity index is 1160. The van der Waals surface area contributed by atoms with Crippen molar-refractivity contribution in [1.29, 1.82) is 0 Å². The highest BCUT2D eigenvalue weighted by molar-refractivity contribution is 7.88. The molecule has 7 heteroatoms. The molecule has 31 heavy (non-hydrogen) atoms. The SMILES string of the molecule is CNS(=O)(=O)Cc1cccc(CNC(=O)N2Cc3ccccc3-c3ccccc3C2)c1. The number of hydrogen-bond acceptors (Lipinski definition) is 3. The molecular formula is C24H25N3O3S. The summed E-state index contributed by atoms with van der Waals surface area (Å²) in [5.41, 5.74) is 6.08. The molecule has 0 spiro atoms. The standard InChI is InChI=1S/C24H25N3O3S/c1-25-31(29,30)17-19-8-6-7-18(13-19)14-26-24(28)27-15-20-9-2-4-11-22(20)23-12-5-3-10-21(23)16-27/h2-13,25H,14-17H2,1H3,(H,26,28). The zero-order valence-electron chi connectivity index (χ0n) is 17.3. The highest BCUT2D eigenvalue weighted by Crippen LogP contribution is 2.32. The normalized spacial score (nSPS) is 13.1. The minimum absolute atomic E-state index is 0.0923. The molecule has 0 unspecified atom stereocenters. The van der Waals surface area contributed by atoms with E-state index < -0.39 is 10.0 Å². The summed E-state index contributed by atoms with van der Waals surface area (Å²) in [5.74, 6) is -0.0923. The van der Waals surface area contributed by atoms with Gasteiger partial charge in [0.2, 0.25) is 10.0 Å². The zero-order valence-corrected chi connectivity index (χ0v) is 18.2. The van der Waals surface area contributed by atoms with Gasteiger partial charge in [-0.05, 0) is 40.4 Å². The van der Waals surface area contributed by atoms with Crippen LogP contribution in [0.3, 0.4) is 0 Å². The minimum atomic E-state index is -3.34. The van der Waals surface area contributed by atoms with Crippen molar-refractivity contribution < 1.29 is 13.2 Å². The molecule has 3 aromatic carbocycles. The summed E-state index contributed by atoms with van der Waals surface area (Å²) < 4.78 is 25.9. The van der Waals surface area contributed by atoms with Crippen molar-refractivity contribution in [3.63, 3.8) is 0 Å². The first-order valence-corrected chi connectivity index (χ1v) is 11.8. The van der Waals surface area contributed by atoms with Crippen LogP contribution in [0.25, 0.3) is 11.1 Å². The fraction of sp³-hybridized carbons (Fsp3) is 0.208. The van der Waals surface area contributed by atoms with Crippen LogP contribution in [0.2, 0.25) is 0 Å². The van der Waals surface area contributed by atoms with Crippen LogP contribution >= 0.6 is 0 Å². The summed E-state index contributed by atoms with van der Waals surface area (Å²) in [6, 6.07) is 23.4. The van der Waals surface area contributed by atoms with Crippen molar-refractivity contribution >= 4 is 16.1 Å². The molecule has 0 fully saturated rings. The first-order chi connectivity index (χ1) is 14.9. The monoisotopic (exact) mass is 435 g/mol. The van der Waals surface area contributed by atoms with Crippen LogP contribution in [-0.4, -0.2) is 26.4 Å². The summed E-state index contributed by atoms with van der Waals surface area (Å²) in [5, 5.41) is 2.98. The maximum atomic E-state index is 13.0. The number of nitrogens with zero attached hydrogens (tertiary/aromatic N) is 1. The lowest BCUT2D eigenvalue weighted by molar-refractivity contribution is 0.192. The predicted molar refractivity (Wildman–Crippen MR) is 121 cm³/mol. The molecule has 0 aliphatic carbocycles. The van der Waals surface area contributed by atoms with E-state index in [2.05, 4.69) is 34.3 Å². The number of amides is 2. The van der Waals surface area contributed by atoms with Gasteiger partial charge >= 0.3 is 6.03 Å². The van der Waals surface area contributed by atoms with E-state index in [-0.39, 0.29) is 11.8 Å². The average Bonchev–Trinajstić information content (AvgIpc) is 2.94. The lowest BCUT2D eigenvalue weighted by Crippen LogP contribution is -2.38. The molecule has 4 rings (SSSR count). The third-order valence-electron chi connectivity index (χ3n) is 5.44. The van der Waals surface area contributed by atoms with Gasteiger partial charge in [-0.1, -0.05) is 72.8 Å². The quantitative estimate of drug-likeness (QED) is 0.642. The number of hydrogen-bond donors (Lipinski definition) is 2. The Morgan fingerprint density at radius 1 is 0.871 bits per heavy atom. The predicted octanol–water partition coefficient (Wildman–Crippen LogP) is 3.63. The van der Waals surface area contributed by atoms with Crippen molar-refractivity contribution in [2.45, 2.75) is 25.4 Å². The maximum absolute atomic E-state index is 13.0. The molecule has 1 aliphatic heterocycles. The largest absolute Gasteiger partial charge is 0.334 e. The number of carbonyl (C=O) groups is 1. The lowest BCUT2D eigenvalue weighted by atomic mass is 9.97. The summed E-state index contributed by atoms with van der Waals surface area (Å²) in [7, 11) is -1.94. The van der Waals surface area contributed by atoms with Gasteiger partial charge in [0.15, 0.2) is 0 Å². The molecule has 6 nitrogen and oxygen atoms in total. The van der Waals surface area contributed by atoms with Gasteiger partial charge in [-0.25, -0.2) is 17.9 Å². The van der Waals surface area contributed by atoms with Gasteiger partial charge in [-0.15, -0.1) is 0 Å². The van der Waals surface area contributed by atoms with E-state index in [9.17, 15) is 13.2 Å². The van der Waals surface area contributed by atoms with E-state index in [1.165, 1.54) is 7.05 Å². The Balaban J connectivity index is 1.49. The van der Waals surface area contributed by atoms with E-state index in [0.29, 0.717) is 25.2 Å². The van der Waals surface area contributed by atoms with E-state index in [4.69, 9.17) is 0 Å². The van der Waals surface area contributed by atoms with Crippen LogP contribution in [0, 0.1) is 0 Å². The van der Waals surface area contributed by atoms with Gasteiger partial charge in [0.05, 0.1) is 5.75 Å². The number of carbonyl (C=O) groups excluding carboxylic acids is 1. The lowest BCUT2D eigenvalue weighted by Gasteiger charge is -2.22. The molecule has 0 aromatic heterocycles.